The third-order valence-electron chi connectivity index (χ3n) is 4.17. The van der Waals surface area contributed by atoms with Crippen molar-refractivity contribution >= 4 is 26.7 Å². The molecular formula is C18H19N3O3S. The number of aromatic nitrogens is 2. The number of H-pyrrole nitrogens is 1. The number of imidazole rings is 1. The van der Waals surface area contributed by atoms with Crippen molar-refractivity contribution in [2.45, 2.75) is 25.0 Å². The summed E-state index contributed by atoms with van der Waals surface area (Å²) in [6, 6.07) is 13.0. The fourth-order valence-electron chi connectivity index (χ4n) is 2.80. The minimum atomic E-state index is -3.33. The number of nitrogens with one attached hydrogen (secondary N) is 2. The molecule has 1 aromatic heterocycles. The van der Waals surface area contributed by atoms with Gasteiger partial charge in [0.05, 0.1) is 23.1 Å². The number of anilines is 1. The first kappa shape index (κ1) is 16.0. The lowest BCUT2D eigenvalue weighted by molar-refractivity contribution is 0.344. The number of hydrogen-bond donors (Lipinski definition) is 2. The summed E-state index contributed by atoms with van der Waals surface area (Å²) in [6.07, 6.45) is 1.44. The Balaban J connectivity index is 1.77. The Bertz CT molecular complexity index is 1020. The van der Waals surface area contributed by atoms with E-state index in [0.717, 1.165) is 23.9 Å². The topological polar surface area (TPSA) is 84.1 Å². The van der Waals surface area contributed by atoms with Gasteiger partial charge in [0.15, 0.2) is 0 Å². The van der Waals surface area contributed by atoms with E-state index in [9.17, 15) is 8.42 Å². The molecule has 7 heteroatoms. The molecule has 0 bridgehead atoms. The first-order chi connectivity index (χ1) is 12.1. The molecule has 3 aromatic rings. The smallest absolute Gasteiger partial charge is 0.235 e. The van der Waals surface area contributed by atoms with Crippen molar-refractivity contribution in [3.05, 3.63) is 42.5 Å². The van der Waals surface area contributed by atoms with Gasteiger partial charge in [-0.1, -0.05) is 18.2 Å². The largest absolute Gasteiger partial charge is 0.492 e. The third kappa shape index (κ3) is 3.07. The maximum Gasteiger partial charge on any atom is 0.235 e. The van der Waals surface area contributed by atoms with E-state index in [1.807, 2.05) is 43.3 Å². The highest BCUT2D eigenvalue weighted by atomic mass is 32.2. The van der Waals surface area contributed by atoms with Crippen LogP contribution in [-0.4, -0.2) is 30.2 Å². The van der Waals surface area contributed by atoms with Crippen LogP contribution < -0.4 is 9.46 Å². The minimum Gasteiger partial charge on any atom is -0.492 e. The second kappa shape index (κ2) is 6.07. The predicted octanol–water partition coefficient (Wildman–Crippen LogP) is 3.53. The third-order valence-corrected chi connectivity index (χ3v) is 6.03. The fourth-order valence-corrected chi connectivity index (χ4v) is 4.21. The molecule has 1 fully saturated rings. The average molecular weight is 357 g/mol. The van der Waals surface area contributed by atoms with Gasteiger partial charge in [0.2, 0.25) is 10.0 Å². The summed E-state index contributed by atoms with van der Waals surface area (Å²) in [5, 5.41) is -0.277. The molecule has 0 saturated heterocycles. The summed E-state index contributed by atoms with van der Waals surface area (Å²) in [4.78, 5) is 7.89. The van der Waals surface area contributed by atoms with E-state index >= 15 is 0 Å². The molecule has 2 N–H and O–H groups in total. The van der Waals surface area contributed by atoms with Crippen LogP contribution in [0.1, 0.15) is 19.8 Å². The molecule has 0 unspecified atom stereocenters. The van der Waals surface area contributed by atoms with E-state index < -0.39 is 10.0 Å². The van der Waals surface area contributed by atoms with Crippen LogP contribution in [0.5, 0.6) is 5.75 Å². The normalized spacial score (nSPS) is 14.6. The number of fused-ring (bicyclic) bond motifs is 1. The number of para-hydroxylation sites is 2. The molecule has 130 valence electrons. The Morgan fingerprint density at radius 2 is 2.00 bits per heavy atom. The standard InChI is InChI=1S/C18H19N3O3S/c1-2-24-16-9-5-8-15-17(16)20-18(19-15)13-6-3-4-7-14(13)21-25(22,23)12-10-11-12/h3-9,12,21H,2,10-11H2,1H3,(H,19,20). The van der Waals surface area contributed by atoms with Crippen LogP contribution in [0.15, 0.2) is 42.5 Å². The van der Waals surface area contributed by atoms with Gasteiger partial charge in [-0.3, -0.25) is 4.72 Å². The van der Waals surface area contributed by atoms with Gasteiger partial charge in [-0.15, -0.1) is 0 Å². The van der Waals surface area contributed by atoms with Crippen LogP contribution in [0, 0.1) is 0 Å². The Morgan fingerprint density at radius 3 is 2.76 bits per heavy atom. The molecule has 0 spiro atoms. The Hall–Kier alpha value is -2.54. The van der Waals surface area contributed by atoms with Gasteiger partial charge in [0, 0.05) is 5.56 Å². The number of benzene rings is 2. The molecule has 1 aliphatic rings. The summed E-state index contributed by atoms with van der Waals surface area (Å²) < 4.78 is 32.9. The molecule has 2 aromatic carbocycles. The molecule has 4 rings (SSSR count). The quantitative estimate of drug-likeness (QED) is 0.707. The minimum absolute atomic E-state index is 0.277. The van der Waals surface area contributed by atoms with Gasteiger partial charge < -0.3 is 9.72 Å². The number of ether oxygens (including phenoxy) is 1. The second-order valence-corrected chi connectivity index (χ2v) is 8.02. The van der Waals surface area contributed by atoms with Crippen LogP contribution in [0.2, 0.25) is 0 Å². The molecule has 1 aliphatic carbocycles. The van der Waals surface area contributed by atoms with Crippen LogP contribution in [0.25, 0.3) is 22.4 Å². The van der Waals surface area contributed by atoms with E-state index in [4.69, 9.17) is 4.74 Å². The van der Waals surface area contributed by atoms with Crippen molar-refractivity contribution in [1.29, 1.82) is 0 Å². The number of aromatic amines is 1. The lowest BCUT2D eigenvalue weighted by atomic mass is 10.2. The van der Waals surface area contributed by atoms with Gasteiger partial charge in [0.25, 0.3) is 0 Å². The van der Waals surface area contributed by atoms with Gasteiger partial charge >= 0.3 is 0 Å². The lowest BCUT2D eigenvalue weighted by Crippen LogP contribution is -2.17. The first-order valence-corrected chi connectivity index (χ1v) is 9.85. The SMILES string of the molecule is CCOc1cccc2[nH]c(-c3ccccc3NS(=O)(=O)C3CC3)nc12. The lowest BCUT2D eigenvalue weighted by Gasteiger charge is -2.10. The van der Waals surface area contributed by atoms with Crippen molar-refractivity contribution in [2.24, 2.45) is 0 Å². The summed E-state index contributed by atoms with van der Waals surface area (Å²) in [5.74, 6) is 1.31. The van der Waals surface area contributed by atoms with Crippen LogP contribution in [-0.2, 0) is 10.0 Å². The van der Waals surface area contributed by atoms with E-state index in [1.165, 1.54) is 0 Å². The van der Waals surface area contributed by atoms with E-state index in [1.54, 1.807) is 6.07 Å². The number of hydrogen-bond acceptors (Lipinski definition) is 4. The summed E-state index contributed by atoms with van der Waals surface area (Å²) in [6.45, 7) is 2.48. The van der Waals surface area contributed by atoms with Gasteiger partial charge in [-0.25, -0.2) is 13.4 Å². The zero-order chi connectivity index (χ0) is 17.4. The summed E-state index contributed by atoms with van der Waals surface area (Å²) in [7, 11) is -3.33. The molecule has 0 radical (unpaired) electrons. The fraction of sp³-hybridized carbons (Fsp3) is 0.278. The molecule has 25 heavy (non-hydrogen) atoms. The molecule has 0 amide bonds. The van der Waals surface area contributed by atoms with Gasteiger partial charge in [-0.2, -0.15) is 0 Å². The van der Waals surface area contributed by atoms with Crippen molar-refractivity contribution in [3.63, 3.8) is 0 Å². The van der Waals surface area contributed by atoms with Gasteiger partial charge in [-0.05, 0) is 44.0 Å². The second-order valence-electron chi connectivity index (χ2n) is 6.06. The summed E-state index contributed by atoms with van der Waals surface area (Å²) in [5.41, 5.74) is 2.83. The van der Waals surface area contributed by atoms with Crippen molar-refractivity contribution in [3.8, 4) is 17.1 Å². The van der Waals surface area contributed by atoms with Crippen LogP contribution in [0.4, 0.5) is 5.69 Å². The zero-order valence-corrected chi connectivity index (χ0v) is 14.6. The molecular weight excluding hydrogens is 338 g/mol. The first-order valence-electron chi connectivity index (χ1n) is 8.31. The van der Waals surface area contributed by atoms with Crippen molar-refractivity contribution in [1.82, 2.24) is 9.97 Å². The molecule has 0 aliphatic heterocycles. The molecule has 1 heterocycles. The number of sulfonamides is 1. The van der Waals surface area contributed by atoms with E-state index in [2.05, 4.69) is 14.7 Å². The Kier molecular flexibility index (Phi) is 3.88. The molecule has 0 atom stereocenters. The van der Waals surface area contributed by atoms with Crippen molar-refractivity contribution in [2.75, 3.05) is 11.3 Å². The highest BCUT2D eigenvalue weighted by molar-refractivity contribution is 7.93. The van der Waals surface area contributed by atoms with Crippen molar-refractivity contribution < 1.29 is 13.2 Å². The van der Waals surface area contributed by atoms with Crippen LogP contribution in [0.3, 0.4) is 0 Å². The Labute approximate surface area is 146 Å². The maximum atomic E-state index is 12.3. The highest BCUT2D eigenvalue weighted by Gasteiger charge is 2.36. The molecule has 1 saturated carbocycles. The number of nitrogens with zero attached hydrogens (tertiary/aromatic N) is 1. The van der Waals surface area contributed by atoms with E-state index in [-0.39, 0.29) is 5.25 Å². The zero-order valence-electron chi connectivity index (χ0n) is 13.8. The molecule has 6 nitrogen and oxygen atoms in total. The monoisotopic (exact) mass is 357 g/mol. The van der Waals surface area contributed by atoms with Crippen LogP contribution >= 0.6 is 0 Å². The predicted molar refractivity (Wildman–Crippen MR) is 98.3 cm³/mol. The highest BCUT2D eigenvalue weighted by Crippen LogP contribution is 2.34. The maximum absolute atomic E-state index is 12.3. The van der Waals surface area contributed by atoms with Gasteiger partial charge in [0.1, 0.15) is 17.1 Å². The Morgan fingerprint density at radius 1 is 1.20 bits per heavy atom. The average Bonchev–Trinajstić information content (AvgIpc) is 3.36. The van der Waals surface area contributed by atoms with E-state index in [0.29, 0.717) is 29.4 Å². The summed E-state index contributed by atoms with van der Waals surface area (Å²) >= 11 is 0. The number of rotatable bonds is 6.